The lowest BCUT2D eigenvalue weighted by atomic mass is 9.84. The average molecular weight is 431 g/mol. The predicted molar refractivity (Wildman–Crippen MR) is 114 cm³/mol. The molecule has 0 saturated heterocycles. The number of anilines is 1. The number of ketones is 2. The van der Waals surface area contributed by atoms with Crippen molar-refractivity contribution in [3.8, 4) is 0 Å². The molecule has 1 N–H and O–H groups in total. The number of carbonyl (C=O) groups excluding carboxylic acids is 4. The number of ether oxygens (including phenoxy) is 1. The molecular weight excluding hydrogens is 413 g/mol. The number of amides is 1. The first-order valence-corrected chi connectivity index (χ1v) is 9.91. The smallest absolute Gasteiger partial charge is 0.311 e. The quantitative estimate of drug-likeness (QED) is 0.487. The van der Waals surface area contributed by atoms with Crippen molar-refractivity contribution in [3.63, 3.8) is 0 Å². The van der Waals surface area contributed by atoms with Crippen molar-refractivity contribution in [2.24, 2.45) is 0 Å². The molecule has 1 amide bonds. The van der Waals surface area contributed by atoms with E-state index in [1.807, 2.05) is 0 Å². The van der Waals surface area contributed by atoms with Crippen LogP contribution in [0.25, 0.3) is 0 Å². The number of nitrogens with one attached hydrogen (secondary N) is 1. The maximum atomic E-state index is 13.0. The summed E-state index contributed by atoms with van der Waals surface area (Å²) >= 11 is 0. The van der Waals surface area contributed by atoms with Crippen molar-refractivity contribution in [3.05, 3.63) is 100 Å². The molecule has 32 heavy (non-hydrogen) atoms. The molecule has 0 heterocycles. The van der Waals surface area contributed by atoms with E-state index in [0.29, 0.717) is 22.4 Å². The molecule has 1 atom stereocenters. The largest absolute Gasteiger partial charge is 0.452 e. The number of rotatable bonds is 5. The Labute approximate surface area is 183 Å². The second kappa shape index (κ2) is 8.55. The van der Waals surface area contributed by atoms with Gasteiger partial charge < -0.3 is 10.1 Å². The normalized spacial score (nSPS) is 13.1. The first-order valence-electron chi connectivity index (χ1n) is 9.91. The number of halogens is 1. The fourth-order valence-corrected chi connectivity index (χ4v) is 3.48. The van der Waals surface area contributed by atoms with E-state index in [0.717, 1.165) is 0 Å². The van der Waals surface area contributed by atoms with Gasteiger partial charge in [0, 0.05) is 27.9 Å². The highest BCUT2D eigenvalue weighted by atomic mass is 19.1. The molecule has 160 valence electrons. The van der Waals surface area contributed by atoms with Crippen LogP contribution in [0.3, 0.4) is 0 Å². The lowest BCUT2D eigenvalue weighted by Crippen LogP contribution is -2.30. The van der Waals surface area contributed by atoms with Crippen molar-refractivity contribution in [1.82, 2.24) is 0 Å². The van der Waals surface area contributed by atoms with Crippen LogP contribution in [0.1, 0.15) is 44.3 Å². The van der Waals surface area contributed by atoms with E-state index in [1.165, 1.54) is 49.4 Å². The van der Waals surface area contributed by atoms with Crippen LogP contribution in [0.15, 0.2) is 66.7 Å². The van der Waals surface area contributed by atoms with Crippen molar-refractivity contribution in [1.29, 1.82) is 0 Å². The maximum Gasteiger partial charge on any atom is 0.311 e. The van der Waals surface area contributed by atoms with Crippen LogP contribution in [0.5, 0.6) is 0 Å². The van der Waals surface area contributed by atoms with E-state index in [2.05, 4.69) is 5.32 Å². The molecule has 7 heteroatoms. The number of carbonyl (C=O) groups is 4. The third kappa shape index (κ3) is 4.18. The highest BCUT2D eigenvalue weighted by Gasteiger charge is 2.29. The highest BCUT2D eigenvalue weighted by Crippen LogP contribution is 2.29. The molecule has 1 unspecified atom stereocenters. The second-order valence-electron chi connectivity index (χ2n) is 7.39. The van der Waals surface area contributed by atoms with Gasteiger partial charge in [-0.25, -0.2) is 4.39 Å². The van der Waals surface area contributed by atoms with E-state index < -0.39 is 23.8 Å². The van der Waals surface area contributed by atoms with E-state index in [1.54, 1.807) is 24.3 Å². The first kappa shape index (κ1) is 21.1. The summed E-state index contributed by atoms with van der Waals surface area (Å²) < 4.78 is 18.1. The van der Waals surface area contributed by atoms with Gasteiger partial charge in [0.2, 0.25) is 0 Å². The minimum absolute atomic E-state index is 0.104. The zero-order chi connectivity index (χ0) is 22.8. The molecule has 6 nitrogen and oxygen atoms in total. The summed E-state index contributed by atoms with van der Waals surface area (Å²) in [5.74, 6) is -2.20. The lowest BCUT2D eigenvalue weighted by Gasteiger charge is -2.19. The third-order valence-electron chi connectivity index (χ3n) is 5.13. The molecule has 3 aromatic rings. The van der Waals surface area contributed by atoms with Crippen molar-refractivity contribution < 1.29 is 28.3 Å². The Morgan fingerprint density at radius 1 is 0.875 bits per heavy atom. The zero-order valence-electron chi connectivity index (χ0n) is 17.1. The fraction of sp³-hybridized carbons (Fsp3) is 0.120. The predicted octanol–water partition coefficient (Wildman–Crippen LogP) is 3.71. The molecule has 1 aliphatic rings. The molecule has 0 bridgehead atoms. The fourth-order valence-electron chi connectivity index (χ4n) is 3.48. The van der Waals surface area contributed by atoms with E-state index in [4.69, 9.17) is 4.74 Å². The third-order valence-corrected chi connectivity index (χ3v) is 5.13. The summed E-state index contributed by atoms with van der Waals surface area (Å²) in [4.78, 5) is 50.0. The topological polar surface area (TPSA) is 89.5 Å². The lowest BCUT2D eigenvalue weighted by molar-refractivity contribution is -0.152. The van der Waals surface area contributed by atoms with Crippen LogP contribution in [-0.2, 0) is 20.7 Å². The van der Waals surface area contributed by atoms with Crippen LogP contribution in [0.2, 0.25) is 0 Å². The number of hydrogen-bond acceptors (Lipinski definition) is 5. The van der Waals surface area contributed by atoms with Gasteiger partial charge in [0.25, 0.3) is 5.91 Å². The number of esters is 1. The Morgan fingerprint density at radius 2 is 1.47 bits per heavy atom. The molecule has 0 radical (unpaired) electrons. The maximum absolute atomic E-state index is 13.0. The standard InChI is InChI=1S/C25H18FNO5/c1-14(32-22(28)12-15-6-8-16(26)9-7-15)25(31)27-17-10-11-20-21(13-17)24(30)19-5-3-2-4-18(19)23(20)29/h2-11,13-14H,12H2,1H3,(H,27,31). The second-order valence-corrected chi connectivity index (χ2v) is 7.39. The Kier molecular flexibility index (Phi) is 5.64. The van der Waals surface area contributed by atoms with Crippen molar-refractivity contribution >= 4 is 29.1 Å². The van der Waals surface area contributed by atoms with Gasteiger partial charge in [-0.1, -0.05) is 36.4 Å². The molecular formula is C25H18FNO5. The van der Waals surface area contributed by atoms with Crippen LogP contribution < -0.4 is 5.32 Å². The Balaban J connectivity index is 1.43. The minimum Gasteiger partial charge on any atom is -0.452 e. The van der Waals surface area contributed by atoms with Crippen LogP contribution in [0, 0.1) is 5.82 Å². The van der Waals surface area contributed by atoms with Gasteiger partial charge in [-0.3, -0.25) is 19.2 Å². The highest BCUT2D eigenvalue weighted by molar-refractivity contribution is 6.28. The average Bonchev–Trinajstić information content (AvgIpc) is 2.79. The number of fused-ring (bicyclic) bond motifs is 2. The van der Waals surface area contributed by atoms with Crippen LogP contribution in [-0.4, -0.2) is 29.5 Å². The first-order chi connectivity index (χ1) is 15.3. The molecule has 4 rings (SSSR count). The van der Waals surface area contributed by atoms with Gasteiger partial charge in [0.05, 0.1) is 6.42 Å². The van der Waals surface area contributed by atoms with Gasteiger partial charge in [0.1, 0.15) is 5.82 Å². The SMILES string of the molecule is CC(OC(=O)Cc1ccc(F)cc1)C(=O)Nc1ccc2c(c1)C(=O)c1ccccc1C2=O. The molecule has 1 aliphatic carbocycles. The molecule has 0 spiro atoms. The van der Waals surface area contributed by atoms with E-state index in [-0.39, 0.29) is 29.1 Å². The molecule has 0 saturated carbocycles. The summed E-state index contributed by atoms with van der Waals surface area (Å²) in [6.45, 7) is 1.42. The summed E-state index contributed by atoms with van der Waals surface area (Å²) in [6, 6.07) is 16.4. The van der Waals surface area contributed by atoms with E-state index in [9.17, 15) is 23.6 Å². The summed E-state index contributed by atoms with van der Waals surface area (Å²) in [5, 5.41) is 2.60. The molecule has 3 aromatic carbocycles. The zero-order valence-corrected chi connectivity index (χ0v) is 17.1. The Hall–Kier alpha value is -4.13. The van der Waals surface area contributed by atoms with Gasteiger partial charge in [-0.05, 0) is 42.8 Å². The summed E-state index contributed by atoms with van der Waals surface area (Å²) in [5.41, 5.74) is 2.00. The molecule has 0 aliphatic heterocycles. The molecule has 0 fully saturated rings. The van der Waals surface area contributed by atoms with E-state index >= 15 is 0 Å². The Bertz CT molecular complexity index is 1250. The van der Waals surface area contributed by atoms with Gasteiger partial charge in [-0.2, -0.15) is 0 Å². The number of hydrogen-bond donors (Lipinski definition) is 1. The van der Waals surface area contributed by atoms with Crippen molar-refractivity contribution in [2.45, 2.75) is 19.4 Å². The minimum atomic E-state index is -1.10. The summed E-state index contributed by atoms with van der Waals surface area (Å²) in [7, 11) is 0. The van der Waals surface area contributed by atoms with Gasteiger partial charge in [-0.15, -0.1) is 0 Å². The van der Waals surface area contributed by atoms with Crippen LogP contribution >= 0.6 is 0 Å². The molecule has 0 aromatic heterocycles. The van der Waals surface area contributed by atoms with Crippen LogP contribution in [0.4, 0.5) is 10.1 Å². The monoisotopic (exact) mass is 431 g/mol. The van der Waals surface area contributed by atoms with Crippen molar-refractivity contribution in [2.75, 3.05) is 5.32 Å². The summed E-state index contributed by atoms with van der Waals surface area (Å²) in [6.07, 6.45) is -1.20. The Morgan fingerprint density at radius 3 is 2.12 bits per heavy atom. The number of benzene rings is 3. The van der Waals surface area contributed by atoms with Gasteiger partial charge >= 0.3 is 5.97 Å². The van der Waals surface area contributed by atoms with Gasteiger partial charge in [0.15, 0.2) is 17.7 Å².